The van der Waals surface area contributed by atoms with Crippen molar-refractivity contribution in [2.45, 2.75) is 45.9 Å². The predicted octanol–water partition coefficient (Wildman–Crippen LogP) is 0.986. The van der Waals surface area contributed by atoms with Crippen molar-refractivity contribution in [3.8, 4) is 5.88 Å². The Morgan fingerprint density at radius 3 is 2.60 bits per heavy atom. The summed E-state index contributed by atoms with van der Waals surface area (Å²) < 4.78 is 13.0. The van der Waals surface area contributed by atoms with Gasteiger partial charge in [0.15, 0.2) is 0 Å². The fraction of sp³-hybridized carbons (Fsp3) is 0.846. The van der Waals surface area contributed by atoms with E-state index in [1.807, 2.05) is 0 Å². The van der Waals surface area contributed by atoms with Gasteiger partial charge in [0.1, 0.15) is 18.9 Å². The van der Waals surface area contributed by atoms with Crippen LogP contribution >= 0.6 is 11.7 Å². The number of aliphatic hydroxyl groups is 1. The van der Waals surface area contributed by atoms with Gasteiger partial charge in [0, 0.05) is 31.7 Å². The van der Waals surface area contributed by atoms with Crippen LogP contribution in [0.2, 0.25) is 0 Å². The monoisotopic (exact) mass is 302 g/mol. The van der Waals surface area contributed by atoms with E-state index in [-0.39, 0.29) is 6.61 Å². The van der Waals surface area contributed by atoms with Gasteiger partial charge in [-0.3, -0.25) is 4.90 Å². The molecule has 0 amide bonds. The molecule has 1 unspecified atom stereocenters. The number of hydrogen-bond acceptors (Lipinski definition) is 7. The number of hydrogen-bond donors (Lipinski definition) is 2. The summed E-state index contributed by atoms with van der Waals surface area (Å²) in [6.45, 7) is 11.4. The third-order valence-corrected chi connectivity index (χ3v) is 3.48. The molecule has 7 heteroatoms. The minimum atomic E-state index is -0.539. The van der Waals surface area contributed by atoms with Crippen molar-refractivity contribution < 1.29 is 9.84 Å². The van der Waals surface area contributed by atoms with Crippen molar-refractivity contribution in [2.24, 2.45) is 0 Å². The van der Waals surface area contributed by atoms with E-state index in [2.05, 4.69) is 46.7 Å². The Hall–Kier alpha value is -0.760. The molecule has 1 atom stereocenters. The average molecular weight is 302 g/mol. The summed E-state index contributed by atoms with van der Waals surface area (Å²) >= 11 is 1.09. The second-order valence-corrected chi connectivity index (χ2v) is 5.90. The number of rotatable bonds is 10. The largest absolute Gasteiger partial charge is 0.473 e. The zero-order chi connectivity index (χ0) is 15.0. The van der Waals surface area contributed by atoms with E-state index < -0.39 is 6.10 Å². The predicted molar refractivity (Wildman–Crippen MR) is 81.3 cm³/mol. The maximum absolute atomic E-state index is 9.79. The molecule has 0 saturated carbocycles. The normalized spacial score (nSPS) is 13.4. The summed E-state index contributed by atoms with van der Waals surface area (Å²) in [7, 11) is 0. The lowest BCUT2D eigenvalue weighted by molar-refractivity contribution is 0.102. The number of ether oxygens (including phenoxy) is 1. The second kappa shape index (κ2) is 9.23. The van der Waals surface area contributed by atoms with Crippen LogP contribution in [0.25, 0.3) is 0 Å². The SMILES string of the molecule is CC(C)N(CCNCC(O)COc1cnsn1)C(C)C. The molecule has 0 bridgehead atoms. The zero-order valence-corrected chi connectivity index (χ0v) is 13.6. The fourth-order valence-corrected chi connectivity index (χ4v) is 2.41. The van der Waals surface area contributed by atoms with Gasteiger partial charge >= 0.3 is 0 Å². The van der Waals surface area contributed by atoms with Gasteiger partial charge in [-0.15, -0.1) is 4.37 Å². The first-order valence-electron chi connectivity index (χ1n) is 7.05. The number of aliphatic hydroxyl groups excluding tert-OH is 1. The molecular weight excluding hydrogens is 276 g/mol. The molecule has 20 heavy (non-hydrogen) atoms. The lowest BCUT2D eigenvalue weighted by atomic mass is 10.2. The Bertz CT molecular complexity index is 338. The lowest BCUT2D eigenvalue weighted by Gasteiger charge is -2.30. The molecule has 116 valence electrons. The first kappa shape index (κ1) is 17.3. The van der Waals surface area contributed by atoms with E-state index in [1.165, 1.54) is 0 Å². The molecule has 0 aromatic carbocycles. The number of aromatic nitrogens is 2. The Morgan fingerprint density at radius 2 is 2.05 bits per heavy atom. The van der Waals surface area contributed by atoms with Crippen molar-refractivity contribution in [1.29, 1.82) is 0 Å². The smallest absolute Gasteiger partial charge is 0.245 e. The van der Waals surface area contributed by atoms with Crippen LogP contribution in [0.5, 0.6) is 5.88 Å². The molecule has 1 heterocycles. The van der Waals surface area contributed by atoms with Crippen molar-refractivity contribution >= 4 is 11.7 Å². The molecule has 0 aliphatic rings. The van der Waals surface area contributed by atoms with Crippen LogP contribution in [-0.4, -0.2) is 63.2 Å². The van der Waals surface area contributed by atoms with E-state index in [4.69, 9.17) is 4.74 Å². The van der Waals surface area contributed by atoms with E-state index >= 15 is 0 Å². The van der Waals surface area contributed by atoms with E-state index in [0.717, 1.165) is 24.8 Å². The van der Waals surface area contributed by atoms with Crippen LogP contribution in [0.15, 0.2) is 6.20 Å². The molecule has 0 aliphatic heterocycles. The van der Waals surface area contributed by atoms with Gasteiger partial charge in [-0.1, -0.05) is 0 Å². The van der Waals surface area contributed by atoms with Crippen LogP contribution in [0.4, 0.5) is 0 Å². The fourth-order valence-electron chi connectivity index (χ4n) is 2.05. The van der Waals surface area contributed by atoms with Crippen LogP contribution < -0.4 is 10.1 Å². The number of nitrogens with one attached hydrogen (secondary N) is 1. The number of nitrogens with zero attached hydrogens (tertiary/aromatic N) is 3. The summed E-state index contributed by atoms with van der Waals surface area (Å²) in [6, 6.07) is 1.06. The minimum absolute atomic E-state index is 0.233. The summed E-state index contributed by atoms with van der Waals surface area (Å²) in [5, 5.41) is 13.0. The van der Waals surface area contributed by atoms with E-state index in [1.54, 1.807) is 6.20 Å². The average Bonchev–Trinajstić information content (AvgIpc) is 2.88. The molecule has 0 radical (unpaired) electrons. The zero-order valence-electron chi connectivity index (χ0n) is 12.7. The van der Waals surface area contributed by atoms with Crippen LogP contribution in [0.1, 0.15) is 27.7 Å². The molecule has 0 saturated heterocycles. The molecule has 0 fully saturated rings. The van der Waals surface area contributed by atoms with Crippen molar-refractivity contribution in [3.05, 3.63) is 6.20 Å². The highest BCUT2D eigenvalue weighted by molar-refractivity contribution is 6.99. The third kappa shape index (κ3) is 6.60. The first-order chi connectivity index (χ1) is 9.50. The quantitative estimate of drug-likeness (QED) is 0.628. The van der Waals surface area contributed by atoms with Gasteiger partial charge < -0.3 is 15.2 Å². The summed E-state index contributed by atoms with van der Waals surface area (Å²) in [4.78, 5) is 2.41. The Kier molecular flexibility index (Phi) is 7.98. The van der Waals surface area contributed by atoms with E-state index in [9.17, 15) is 5.11 Å². The topological polar surface area (TPSA) is 70.5 Å². The highest BCUT2D eigenvalue weighted by atomic mass is 32.1. The standard InChI is InChI=1S/C13H26N4O2S/c1-10(2)17(11(3)4)6-5-14-7-12(18)9-19-13-8-15-20-16-13/h8,10-12,14,18H,5-7,9H2,1-4H3. The molecular formula is C13H26N4O2S. The molecule has 2 N–H and O–H groups in total. The van der Waals surface area contributed by atoms with Crippen LogP contribution in [-0.2, 0) is 0 Å². The van der Waals surface area contributed by atoms with Gasteiger partial charge in [-0.25, -0.2) is 0 Å². The van der Waals surface area contributed by atoms with Crippen molar-refractivity contribution in [2.75, 3.05) is 26.2 Å². The third-order valence-electron chi connectivity index (χ3n) is 3.02. The highest BCUT2D eigenvalue weighted by Gasteiger charge is 2.12. The maximum Gasteiger partial charge on any atom is 0.245 e. The minimum Gasteiger partial charge on any atom is -0.473 e. The van der Waals surface area contributed by atoms with Gasteiger partial charge in [0.25, 0.3) is 0 Å². The molecule has 0 aliphatic carbocycles. The molecule has 1 aromatic heterocycles. The van der Waals surface area contributed by atoms with Crippen LogP contribution in [0.3, 0.4) is 0 Å². The van der Waals surface area contributed by atoms with E-state index in [0.29, 0.717) is 24.5 Å². The van der Waals surface area contributed by atoms with Crippen molar-refractivity contribution in [3.63, 3.8) is 0 Å². The molecule has 0 spiro atoms. The lowest BCUT2D eigenvalue weighted by Crippen LogP contribution is -2.43. The van der Waals surface area contributed by atoms with Gasteiger partial charge in [-0.05, 0) is 27.7 Å². The molecule has 1 rings (SSSR count). The summed E-state index contributed by atoms with van der Waals surface area (Å²) in [5.74, 6) is 0.472. The second-order valence-electron chi connectivity index (χ2n) is 5.34. The summed E-state index contributed by atoms with van der Waals surface area (Å²) in [6.07, 6.45) is 1.01. The van der Waals surface area contributed by atoms with Gasteiger partial charge in [0.2, 0.25) is 5.88 Å². The Morgan fingerprint density at radius 1 is 1.35 bits per heavy atom. The van der Waals surface area contributed by atoms with Gasteiger partial charge in [0.05, 0.1) is 11.7 Å². The van der Waals surface area contributed by atoms with Crippen LogP contribution in [0, 0.1) is 0 Å². The maximum atomic E-state index is 9.79. The molecule has 6 nitrogen and oxygen atoms in total. The van der Waals surface area contributed by atoms with Gasteiger partial charge in [-0.2, -0.15) is 4.37 Å². The first-order valence-corrected chi connectivity index (χ1v) is 7.78. The highest BCUT2D eigenvalue weighted by Crippen LogP contribution is 2.05. The van der Waals surface area contributed by atoms with Crippen molar-refractivity contribution in [1.82, 2.24) is 19.0 Å². The Labute approximate surface area is 125 Å². The molecule has 1 aromatic rings. The summed E-state index contributed by atoms with van der Waals surface area (Å²) in [5.41, 5.74) is 0. The Balaban J connectivity index is 2.10.